The third-order valence-electron chi connectivity index (χ3n) is 5.67. The first kappa shape index (κ1) is 35.1. The number of hydrogen-bond donors (Lipinski definition) is 1. The first-order valence-corrected chi connectivity index (χ1v) is 11.0. The van der Waals surface area contributed by atoms with E-state index in [1.165, 1.54) is 6.92 Å². The van der Waals surface area contributed by atoms with Crippen LogP contribution in [0, 0.1) is 5.92 Å². The minimum absolute atomic E-state index is 0.526. The van der Waals surface area contributed by atoms with Gasteiger partial charge in [0, 0.05) is 12.1 Å². The van der Waals surface area contributed by atoms with Crippen molar-refractivity contribution in [3.05, 3.63) is 36.5 Å². The van der Waals surface area contributed by atoms with Gasteiger partial charge in [-0.3, -0.25) is 4.79 Å². The molecule has 0 bridgehead atoms. The smallest absolute Gasteiger partial charge is 0.374 e. The predicted molar refractivity (Wildman–Crippen MR) is 116 cm³/mol. The van der Waals surface area contributed by atoms with Crippen LogP contribution in [0.5, 0.6) is 0 Å². The van der Waals surface area contributed by atoms with Gasteiger partial charge >= 0.3 is 24.4 Å². The van der Waals surface area contributed by atoms with E-state index in [4.69, 9.17) is 10.5 Å². The molecule has 0 aliphatic carbocycles. The molecule has 0 saturated carbocycles. The summed E-state index contributed by atoms with van der Waals surface area (Å²) >= 11 is 0. The Labute approximate surface area is 208 Å². The summed E-state index contributed by atoms with van der Waals surface area (Å²) in [5.41, 5.74) is -0.601. The maximum atomic E-state index is 15.4. The van der Waals surface area contributed by atoms with Gasteiger partial charge in [-0.2, -0.15) is 43.9 Å². The maximum absolute atomic E-state index is 15.4. The van der Waals surface area contributed by atoms with Crippen molar-refractivity contribution in [3.8, 4) is 0 Å². The number of halogens is 10. The molecule has 0 spiro atoms. The zero-order valence-corrected chi connectivity index (χ0v) is 20.7. The highest BCUT2D eigenvalue weighted by atomic mass is 19.4. The molecule has 0 aromatic rings. The molecule has 0 aliphatic heterocycles. The Morgan fingerprint density at radius 3 is 1.92 bits per heavy atom. The minimum atomic E-state index is -6.05. The van der Waals surface area contributed by atoms with Crippen LogP contribution in [0.4, 0.5) is 43.9 Å². The summed E-state index contributed by atoms with van der Waals surface area (Å²) in [5, 5.41) is 0. The van der Waals surface area contributed by atoms with E-state index in [-0.39, 0.29) is 0 Å². The molecule has 0 aliphatic rings. The molecule has 0 saturated heterocycles. The summed E-state index contributed by atoms with van der Waals surface area (Å²) in [4.78, 5) is 12.6. The van der Waals surface area contributed by atoms with Crippen molar-refractivity contribution in [3.63, 3.8) is 0 Å². The highest BCUT2D eigenvalue weighted by Gasteiger charge is 2.66. The molecule has 0 aromatic carbocycles. The molecule has 0 heterocycles. The number of hydrogen-bond acceptors (Lipinski definition) is 4. The zero-order chi connectivity index (χ0) is 29.5. The second-order valence-electron chi connectivity index (χ2n) is 8.71. The lowest BCUT2D eigenvalue weighted by Gasteiger charge is -2.44. The molecule has 2 N–H and O–H groups in total. The number of nitrogens with two attached hydrogens (primary N) is 1. The molecule has 216 valence electrons. The third kappa shape index (κ3) is 9.71. The Kier molecular flexibility index (Phi) is 12.1. The Balaban J connectivity index is 6.54. The van der Waals surface area contributed by atoms with Gasteiger partial charge in [0.1, 0.15) is 0 Å². The van der Waals surface area contributed by atoms with Crippen molar-refractivity contribution in [2.24, 2.45) is 11.7 Å². The summed E-state index contributed by atoms with van der Waals surface area (Å²) < 4.78 is 146. The normalized spacial score (nSPS) is 19.7. The van der Waals surface area contributed by atoms with Crippen molar-refractivity contribution >= 4 is 5.78 Å². The van der Waals surface area contributed by atoms with Gasteiger partial charge in [0.05, 0.1) is 30.1 Å². The van der Waals surface area contributed by atoms with Crippen LogP contribution < -0.4 is 5.73 Å². The van der Waals surface area contributed by atoms with E-state index in [0.29, 0.717) is 6.92 Å². The van der Waals surface area contributed by atoms with Crippen LogP contribution in [0.25, 0.3) is 0 Å². The van der Waals surface area contributed by atoms with E-state index in [9.17, 15) is 44.3 Å². The van der Waals surface area contributed by atoms with E-state index in [2.05, 4.69) is 11.3 Å². The first-order valence-electron chi connectivity index (χ1n) is 11.0. The van der Waals surface area contributed by atoms with E-state index < -0.39 is 85.3 Å². The number of rotatable bonds is 14. The summed E-state index contributed by atoms with van der Waals surface area (Å²) in [7, 11) is 0. The van der Waals surface area contributed by atoms with Crippen LogP contribution in [0.2, 0.25) is 0 Å². The lowest BCUT2D eigenvalue weighted by molar-refractivity contribution is -0.345. The fraction of sp³-hybridized carbons (Fsp3) is 0.696. The second-order valence-corrected chi connectivity index (χ2v) is 8.71. The van der Waals surface area contributed by atoms with Crippen LogP contribution in [0.3, 0.4) is 0 Å². The standard InChI is InChI=1S/C23H31F10NO3/c1-6-9-15(10-7-2)17(35)21(27,23(31,32)33)37-18(4,14-34)13-16(22(28,29)30)19(5,8-3)36-12-11-20(24,25)26/h6-7,9-10,16H,1,8,11-14,34H2,2-5H3/b10-7-,15-9+. The number of alkyl halides is 10. The van der Waals surface area contributed by atoms with Crippen molar-refractivity contribution in [2.45, 2.75) is 82.5 Å². The van der Waals surface area contributed by atoms with Crippen LogP contribution in [0.1, 0.15) is 47.0 Å². The van der Waals surface area contributed by atoms with Crippen molar-refractivity contribution in [1.29, 1.82) is 0 Å². The molecule has 0 aromatic heterocycles. The lowest BCUT2D eigenvalue weighted by atomic mass is 9.78. The Morgan fingerprint density at radius 2 is 1.57 bits per heavy atom. The third-order valence-corrected chi connectivity index (χ3v) is 5.67. The topological polar surface area (TPSA) is 61.5 Å². The SMILES string of the molecule is C=C/C=C(\C=C/C)C(=O)C(F)(OC(C)(CN)CC(C(F)(F)F)C(C)(CC)OCCC(F)(F)F)C(F)(F)F. The van der Waals surface area contributed by atoms with Crippen molar-refractivity contribution in [2.75, 3.05) is 13.2 Å². The molecule has 37 heavy (non-hydrogen) atoms. The summed E-state index contributed by atoms with van der Waals surface area (Å²) in [6.07, 6.45) is -16.1. The highest BCUT2D eigenvalue weighted by molar-refractivity contribution is 6.04. The fourth-order valence-corrected chi connectivity index (χ4v) is 3.40. The molecule has 4 atom stereocenters. The van der Waals surface area contributed by atoms with Gasteiger partial charge in [-0.25, -0.2) is 0 Å². The van der Waals surface area contributed by atoms with E-state index >= 15 is 4.39 Å². The monoisotopic (exact) mass is 559 g/mol. The molecule has 14 heteroatoms. The molecule has 0 amide bonds. The minimum Gasteiger partial charge on any atom is -0.374 e. The molecular weight excluding hydrogens is 528 g/mol. The van der Waals surface area contributed by atoms with Crippen LogP contribution in [0.15, 0.2) is 36.5 Å². The number of ether oxygens (including phenoxy) is 2. The average molecular weight is 559 g/mol. The van der Waals surface area contributed by atoms with Gasteiger partial charge in [0.15, 0.2) is 0 Å². The van der Waals surface area contributed by atoms with Gasteiger partial charge in [-0.05, 0) is 33.6 Å². The van der Waals surface area contributed by atoms with Gasteiger partial charge in [-0.15, -0.1) is 0 Å². The highest BCUT2D eigenvalue weighted by Crippen LogP contribution is 2.47. The lowest BCUT2D eigenvalue weighted by Crippen LogP contribution is -2.59. The quantitative estimate of drug-likeness (QED) is 0.143. The summed E-state index contributed by atoms with van der Waals surface area (Å²) in [6, 6.07) is 0. The van der Waals surface area contributed by atoms with E-state index in [1.807, 2.05) is 0 Å². The van der Waals surface area contributed by atoms with E-state index in [1.54, 1.807) is 0 Å². The van der Waals surface area contributed by atoms with Crippen LogP contribution in [-0.4, -0.2) is 54.5 Å². The van der Waals surface area contributed by atoms with Gasteiger partial charge in [-0.1, -0.05) is 37.8 Å². The fourth-order valence-electron chi connectivity index (χ4n) is 3.40. The maximum Gasteiger partial charge on any atom is 0.456 e. The van der Waals surface area contributed by atoms with Crippen LogP contribution in [-0.2, 0) is 14.3 Å². The largest absolute Gasteiger partial charge is 0.456 e. The summed E-state index contributed by atoms with van der Waals surface area (Å²) in [5.74, 6) is -10.1. The van der Waals surface area contributed by atoms with Crippen LogP contribution >= 0.6 is 0 Å². The van der Waals surface area contributed by atoms with Gasteiger partial charge in [0.25, 0.3) is 0 Å². The second kappa shape index (κ2) is 12.7. The number of allylic oxidation sites excluding steroid dienone is 4. The zero-order valence-electron chi connectivity index (χ0n) is 20.7. The predicted octanol–water partition coefficient (Wildman–Crippen LogP) is 6.91. The molecule has 0 fully saturated rings. The Morgan fingerprint density at radius 1 is 1.03 bits per heavy atom. The van der Waals surface area contributed by atoms with Gasteiger partial charge < -0.3 is 15.2 Å². The summed E-state index contributed by atoms with van der Waals surface area (Å²) in [6.45, 7) is 4.84. The number of Topliss-reactive ketones (excluding diaryl/α,β-unsaturated/α-hetero) is 1. The molecular formula is C23H31F10NO3. The molecule has 4 unspecified atom stereocenters. The molecule has 0 radical (unpaired) electrons. The molecule has 0 rings (SSSR count). The molecule has 4 nitrogen and oxygen atoms in total. The van der Waals surface area contributed by atoms with Crippen molar-refractivity contribution in [1.82, 2.24) is 0 Å². The number of carbonyl (C=O) groups is 1. The number of carbonyl (C=O) groups excluding carboxylic acids is 1. The van der Waals surface area contributed by atoms with Gasteiger partial charge in [0.2, 0.25) is 5.78 Å². The van der Waals surface area contributed by atoms with E-state index in [0.717, 1.165) is 38.2 Å². The number of ketones is 1. The van der Waals surface area contributed by atoms with Crippen molar-refractivity contribution < 1.29 is 58.2 Å². The average Bonchev–Trinajstić information content (AvgIpc) is 2.74. The Hall–Kier alpha value is -1.93. The first-order chi connectivity index (χ1) is 16.6. The Bertz CT molecular complexity index is 834.